The Kier molecular flexibility index (Phi) is 3.42. The maximum Gasteiger partial charge on any atom is 0.325 e. The van der Waals surface area contributed by atoms with Gasteiger partial charge in [-0.05, 0) is 12.5 Å². The average molecular weight is 250 g/mol. The van der Waals surface area contributed by atoms with E-state index in [1.165, 1.54) is 17.1 Å². The molecular weight excluding hydrogens is 236 g/mol. The van der Waals surface area contributed by atoms with E-state index in [-0.39, 0.29) is 12.5 Å². The van der Waals surface area contributed by atoms with Crippen molar-refractivity contribution >= 4 is 17.6 Å². The van der Waals surface area contributed by atoms with Gasteiger partial charge in [0.15, 0.2) is 0 Å². The molecular formula is C11H14N4O3. The van der Waals surface area contributed by atoms with E-state index < -0.39 is 5.97 Å². The van der Waals surface area contributed by atoms with Crippen molar-refractivity contribution in [3.05, 3.63) is 23.5 Å². The van der Waals surface area contributed by atoms with E-state index in [0.29, 0.717) is 11.3 Å². The molecule has 0 atom stereocenters. The lowest BCUT2D eigenvalue weighted by Gasteiger charge is -2.21. The van der Waals surface area contributed by atoms with E-state index in [2.05, 4.69) is 15.7 Å². The third-order valence-corrected chi connectivity index (χ3v) is 2.74. The largest absolute Gasteiger partial charge is 0.480 e. The first-order chi connectivity index (χ1) is 8.56. The van der Waals surface area contributed by atoms with Crippen LogP contribution in [0.2, 0.25) is 0 Å². The van der Waals surface area contributed by atoms with Crippen LogP contribution in [0.4, 0.5) is 5.69 Å². The molecule has 1 aliphatic heterocycles. The van der Waals surface area contributed by atoms with Crippen molar-refractivity contribution in [2.45, 2.75) is 13.5 Å². The first-order valence-electron chi connectivity index (χ1n) is 5.51. The summed E-state index contributed by atoms with van der Waals surface area (Å²) in [5, 5.41) is 18.2. The molecule has 0 aliphatic carbocycles. The highest BCUT2D eigenvalue weighted by Crippen LogP contribution is 2.12. The van der Waals surface area contributed by atoms with E-state index >= 15 is 0 Å². The van der Waals surface area contributed by atoms with Crippen molar-refractivity contribution in [1.29, 1.82) is 0 Å². The van der Waals surface area contributed by atoms with Gasteiger partial charge in [0, 0.05) is 24.9 Å². The molecule has 0 saturated carbocycles. The summed E-state index contributed by atoms with van der Waals surface area (Å²) in [4.78, 5) is 22.3. The third-order valence-electron chi connectivity index (χ3n) is 2.74. The summed E-state index contributed by atoms with van der Waals surface area (Å²) in [6.45, 7) is 3.04. The fourth-order valence-corrected chi connectivity index (χ4v) is 1.55. The van der Waals surface area contributed by atoms with Crippen LogP contribution in [0, 0.1) is 0 Å². The van der Waals surface area contributed by atoms with Crippen LogP contribution in [-0.4, -0.2) is 39.9 Å². The summed E-state index contributed by atoms with van der Waals surface area (Å²) in [6, 6.07) is 0. The number of anilines is 1. The van der Waals surface area contributed by atoms with Crippen molar-refractivity contribution in [3.8, 4) is 0 Å². The summed E-state index contributed by atoms with van der Waals surface area (Å²) < 4.78 is 1.26. The Hall–Kier alpha value is -2.15. The van der Waals surface area contributed by atoms with E-state index in [0.717, 1.165) is 18.7 Å². The molecule has 7 heteroatoms. The number of hydrogen-bond donors (Lipinski definition) is 3. The Labute approximate surface area is 103 Å². The zero-order valence-corrected chi connectivity index (χ0v) is 9.93. The number of carboxylic acid groups (broad SMARTS) is 1. The van der Waals surface area contributed by atoms with Crippen LogP contribution in [0.3, 0.4) is 0 Å². The minimum Gasteiger partial charge on any atom is -0.480 e. The monoisotopic (exact) mass is 250 g/mol. The van der Waals surface area contributed by atoms with E-state index in [1.54, 1.807) is 6.92 Å². The molecule has 1 aromatic heterocycles. The highest BCUT2D eigenvalue weighted by Gasteiger charge is 2.16. The normalized spacial score (nSPS) is 13.9. The molecule has 0 unspecified atom stereocenters. The van der Waals surface area contributed by atoms with Gasteiger partial charge >= 0.3 is 5.97 Å². The summed E-state index contributed by atoms with van der Waals surface area (Å²) in [6.07, 6.45) is 2.92. The van der Waals surface area contributed by atoms with Gasteiger partial charge < -0.3 is 15.7 Å². The Morgan fingerprint density at radius 1 is 1.56 bits per heavy atom. The van der Waals surface area contributed by atoms with Gasteiger partial charge in [0.2, 0.25) is 0 Å². The molecule has 96 valence electrons. The number of hydrogen-bond acceptors (Lipinski definition) is 4. The molecule has 2 heterocycles. The second kappa shape index (κ2) is 5.01. The number of nitrogens with zero attached hydrogens (tertiary/aromatic N) is 2. The van der Waals surface area contributed by atoms with Crippen LogP contribution in [0.15, 0.2) is 23.5 Å². The van der Waals surface area contributed by atoms with Crippen molar-refractivity contribution in [2.75, 3.05) is 18.4 Å². The lowest BCUT2D eigenvalue weighted by molar-refractivity contribution is -0.137. The number of nitrogens with one attached hydrogen (secondary N) is 2. The molecule has 1 aromatic rings. The molecule has 7 nitrogen and oxygen atoms in total. The second-order valence-electron chi connectivity index (χ2n) is 4.11. The fourth-order valence-electron chi connectivity index (χ4n) is 1.55. The molecule has 1 fully saturated rings. The Morgan fingerprint density at radius 3 is 2.83 bits per heavy atom. The first-order valence-corrected chi connectivity index (χ1v) is 5.51. The lowest BCUT2D eigenvalue weighted by Crippen LogP contribution is -2.36. The quantitative estimate of drug-likeness (QED) is 0.644. The first kappa shape index (κ1) is 12.3. The maximum absolute atomic E-state index is 11.8. The van der Waals surface area contributed by atoms with Gasteiger partial charge in [-0.25, -0.2) is 0 Å². The number of rotatable bonds is 4. The minimum atomic E-state index is -0.977. The van der Waals surface area contributed by atoms with Gasteiger partial charge in [-0.2, -0.15) is 5.10 Å². The van der Waals surface area contributed by atoms with Gasteiger partial charge in [-0.3, -0.25) is 14.3 Å². The topological polar surface area (TPSA) is 96.2 Å². The highest BCUT2D eigenvalue weighted by atomic mass is 16.4. The summed E-state index contributed by atoms with van der Waals surface area (Å²) in [5.74, 6) is -1.16. The van der Waals surface area contributed by atoms with Crippen molar-refractivity contribution in [1.82, 2.24) is 15.1 Å². The van der Waals surface area contributed by atoms with Gasteiger partial charge in [-0.15, -0.1) is 0 Å². The standard InChI is InChI=1S/C11H14N4O3/c1-7(8-2-12-3-8)11(18)14-9-4-13-15(5-9)6-10(16)17/h4-5,12H,2-3,6H2,1H3,(H,14,18)(H,16,17). The number of aromatic nitrogens is 2. The number of carbonyl (C=O) groups excluding carboxylic acids is 1. The van der Waals surface area contributed by atoms with Gasteiger partial charge in [0.25, 0.3) is 5.91 Å². The maximum atomic E-state index is 11.8. The summed E-state index contributed by atoms with van der Waals surface area (Å²) >= 11 is 0. The lowest BCUT2D eigenvalue weighted by atomic mass is 10.0. The second-order valence-corrected chi connectivity index (χ2v) is 4.11. The molecule has 0 spiro atoms. The smallest absolute Gasteiger partial charge is 0.325 e. The molecule has 1 aliphatic rings. The predicted molar refractivity (Wildman–Crippen MR) is 64.1 cm³/mol. The number of amides is 1. The Bertz CT molecular complexity index is 512. The fraction of sp³-hybridized carbons (Fsp3) is 0.364. The van der Waals surface area contributed by atoms with Crippen LogP contribution >= 0.6 is 0 Å². The van der Waals surface area contributed by atoms with Gasteiger partial charge in [0.1, 0.15) is 6.54 Å². The molecule has 2 rings (SSSR count). The van der Waals surface area contributed by atoms with E-state index in [1.807, 2.05) is 0 Å². The minimum absolute atomic E-state index is 0.179. The molecule has 3 N–H and O–H groups in total. The highest BCUT2D eigenvalue weighted by molar-refractivity contribution is 6.03. The zero-order chi connectivity index (χ0) is 13.1. The predicted octanol–water partition coefficient (Wildman–Crippen LogP) is -0.174. The van der Waals surface area contributed by atoms with Crippen LogP contribution < -0.4 is 10.6 Å². The Balaban J connectivity index is 1.99. The van der Waals surface area contributed by atoms with Crippen molar-refractivity contribution < 1.29 is 14.7 Å². The molecule has 1 saturated heterocycles. The molecule has 0 aromatic carbocycles. The van der Waals surface area contributed by atoms with Crippen molar-refractivity contribution in [2.24, 2.45) is 0 Å². The van der Waals surface area contributed by atoms with E-state index in [9.17, 15) is 9.59 Å². The van der Waals surface area contributed by atoms with Gasteiger partial charge in [-0.1, -0.05) is 0 Å². The third kappa shape index (κ3) is 2.75. The average Bonchev–Trinajstić information content (AvgIpc) is 2.61. The van der Waals surface area contributed by atoms with Crippen LogP contribution in [0.1, 0.15) is 6.92 Å². The molecule has 18 heavy (non-hydrogen) atoms. The van der Waals surface area contributed by atoms with Crippen LogP contribution in [0.5, 0.6) is 0 Å². The number of carboxylic acids is 1. The molecule has 0 radical (unpaired) electrons. The number of aliphatic carboxylic acids is 1. The summed E-state index contributed by atoms with van der Waals surface area (Å²) in [7, 11) is 0. The van der Waals surface area contributed by atoms with Crippen LogP contribution in [-0.2, 0) is 16.1 Å². The SMILES string of the molecule is CC(C(=O)Nc1cnn(CC(=O)O)c1)=C1CNC1. The van der Waals surface area contributed by atoms with Gasteiger partial charge in [0.05, 0.1) is 11.9 Å². The van der Waals surface area contributed by atoms with Crippen molar-refractivity contribution in [3.63, 3.8) is 0 Å². The summed E-state index contributed by atoms with van der Waals surface area (Å²) in [5.41, 5.74) is 2.28. The van der Waals surface area contributed by atoms with Crippen LogP contribution in [0.25, 0.3) is 0 Å². The molecule has 0 bridgehead atoms. The molecule has 1 amide bonds. The Morgan fingerprint density at radius 2 is 2.28 bits per heavy atom. The zero-order valence-electron chi connectivity index (χ0n) is 9.93. The number of carbonyl (C=O) groups is 2. The van der Waals surface area contributed by atoms with E-state index in [4.69, 9.17) is 5.11 Å².